The predicted molar refractivity (Wildman–Crippen MR) is 60.8 cm³/mol. The third kappa shape index (κ3) is 2.57. The van der Waals surface area contributed by atoms with Gasteiger partial charge in [0, 0.05) is 6.04 Å². The van der Waals surface area contributed by atoms with Gasteiger partial charge in [0.05, 0.1) is 10.0 Å². The number of benzene rings is 1. The van der Waals surface area contributed by atoms with Gasteiger partial charge in [0.15, 0.2) is 0 Å². The van der Waals surface area contributed by atoms with Gasteiger partial charge in [-0.15, -0.1) is 0 Å². The van der Waals surface area contributed by atoms with Crippen molar-refractivity contribution >= 4 is 15.9 Å². The summed E-state index contributed by atoms with van der Waals surface area (Å²) in [4.78, 5) is 0. The van der Waals surface area contributed by atoms with Gasteiger partial charge in [0.25, 0.3) is 0 Å². The molecule has 1 heterocycles. The highest BCUT2D eigenvalue weighted by Gasteiger charge is 2.36. The molecule has 94 valence electrons. The fourth-order valence-electron chi connectivity index (χ4n) is 2.01. The summed E-state index contributed by atoms with van der Waals surface area (Å²) in [7, 11) is 0. The normalized spacial score (nSPS) is 20.8. The van der Waals surface area contributed by atoms with Crippen LogP contribution in [0.3, 0.4) is 0 Å². The zero-order chi connectivity index (χ0) is 12.6. The van der Waals surface area contributed by atoms with E-state index in [1.165, 1.54) is 6.07 Å². The maximum atomic E-state index is 12.7. The van der Waals surface area contributed by atoms with Crippen molar-refractivity contribution in [1.82, 2.24) is 5.32 Å². The fourth-order valence-corrected chi connectivity index (χ4v) is 2.48. The third-order valence-electron chi connectivity index (χ3n) is 2.85. The molecule has 0 radical (unpaired) electrons. The van der Waals surface area contributed by atoms with Gasteiger partial charge in [-0.3, -0.25) is 0 Å². The number of halogens is 4. The van der Waals surface area contributed by atoms with Gasteiger partial charge in [0.2, 0.25) is 0 Å². The minimum atomic E-state index is -4.54. The van der Waals surface area contributed by atoms with E-state index in [1.54, 1.807) is 0 Å². The lowest BCUT2D eigenvalue weighted by atomic mass is 10.0. The summed E-state index contributed by atoms with van der Waals surface area (Å²) in [5.74, 6) is -0.751. The first kappa shape index (κ1) is 12.7. The van der Waals surface area contributed by atoms with E-state index in [2.05, 4.69) is 21.2 Å². The van der Waals surface area contributed by atoms with Crippen LogP contribution in [-0.4, -0.2) is 11.7 Å². The molecule has 0 bridgehead atoms. The largest absolute Gasteiger partial charge is 0.506 e. The molecule has 1 aromatic carbocycles. The zero-order valence-electron chi connectivity index (χ0n) is 8.81. The highest BCUT2D eigenvalue weighted by atomic mass is 79.9. The molecule has 0 spiro atoms. The lowest BCUT2D eigenvalue weighted by molar-refractivity contribution is -0.138. The van der Waals surface area contributed by atoms with Gasteiger partial charge in [-0.05, 0) is 53.0 Å². The van der Waals surface area contributed by atoms with Crippen LogP contribution in [0.1, 0.15) is 30.0 Å². The molecule has 1 aliphatic rings. The van der Waals surface area contributed by atoms with E-state index < -0.39 is 17.5 Å². The molecule has 0 amide bonds. The van der Waals surface area contributed by atoms with Gasteiger partial charge < -0.3 is 10.4 Å². The maximum Gasteiger partial charge on any atom is 0.420 e. The topological polar surface area (TPSA) is 32.3 Å². The minimum absolute atomic E-state index is 0.0620. The van der Waals surface area contributed by atoms with Crippen LogP contribution in [0, 0.1) is 0 Å². The van der Waals surface area contributed by atoms with Crippen LogP contribution in [0.15, 0.2) is 16.6 Å². The van der Waals surface area contributed by atoms with Crippen molar-refractivity contribution in [2.45, 2.75) is 25.1 Å². The van der Waals surface area contributed by atoms with Gasteiger partial charge in [0.1, 0.15) is 5.75 Å². The molecule has 6 heteroatoms. The Labute approximate surface area is 105 Å². The lowest BCUT2D eigenvalue weighted by Crippen LogP contribution is -2.14. The molecule has 0 saturated carbocycles. The SMILES string of the molecule is Oc1c(Br)cc(C2CCCN2)cc1C(F)(F)F. The molecule has 0 aromatic heterocycles. The first-order valence-corrected chi connectivity index (χ1v) is 6.02. The van der Waals surface area contributed by atoms with Gasteiger partial charge in [-0.2, -0.15) is 13.2 Å². The Balaban J connectivity index is 2.45. The summed E-state index contributed by atoms with van der Waals surface area (Å²) in [6.07, 6.45) is -2.78. The third-order valence-corrected chi connectivity index (χ3v) is 3.46. The zero-order valence-corrected chi connectivity index (χ0v) is 10.4. The van der Waals surface area contributed by atoms with Crippen LogP contribution in [0.5, 0.6) is 5.75 Å². The summed E-state index contributed by atoms with van der Waals surface area (Å²) in [6, 6.07) is 2.49. The Hall–Kier alpha value is -0.750. The van der Waals surface area contributed by atoms with Gasteiger partial charge in [-0.25, -0.2) is 0 Å². The molecule has 2 N–H and O–H groups in total. The van der Waals surface area contributed by atoms with Gasteiger partial charge >= 0.3 is 6.18 Å². The van der Waals surface area contributed by atoms with Crippen molar-refractivity contribution in [3.8, 4) is 5.75 Å². The Morgan fingerprint density at radius 2 is 2.06 bits per heavy atom. The Morgan fingerprint density at radius 1 is 1.35 bits per heavy atom. The average molecular weight is 310 g/mol. The van der Waals surface area contributed by atoms with Crippen LogP contribution in [0.25, 0.3) is 0 Å². The number of hydrogen-bond acceptors (Lipinski definition) is 2. The monoisotopic (exact) mass is 309 g/mol. The molecule has 1 atom stereocenters. The Kier molecular flexibility index (Phi) is 3.36. The summed E-state index contributed by atoms with van der Waals surface area (Å²) in [5, 5.41) is 12.5. The van der Waals surface area contributed by atoms with Crippen molar-refractivity contribution in [3.63, 3.8) is 0 Å². The molecule has 1 unspecified atom stereocenters. The number of hydrogen-bond donors (Lipinski definition) is 2. The second-order valence-electron chi connectivity index (χ2n) is 4.05. The smallest absolute Gasteiger partial charge is 0.420 e. The highest BCUT2D eigenvalue weighted by molar-refractivity contribution is 9.10. The quantitative estimate of drug-likeness (QED) is 0.831. The van der Waals surface area contributed by atoms with E-state index in [0.717, 1.165) is 25.5 Å². The Bertz CT molecular complexity index is 427. The number of rotatable bonds is 1. The summed E-state index contributed by atoms with van der Waals surface area (Å²) >= 11 is 2.96. The second kappa shape index (κ2) is 4.49. The van der Waals surface area contributed by atoms with E-state index in [-0.39, 0.29) is 10.5 Å². The predicted octanol–water partition coefficient (Wildman–Crippen LogP) is 3.60. The van der Waals surface area contributed by atoms with E-state index in [0.29, 0.717) is 5.56 Å². The van der Waals surface area contributed by atoms with Crippen molar-refractivity contribution in [3.05, 3.63) is 27.7 Å². The number of phenolic OH excluding ortho intramolecular Hbond substituents is 1. The second-order valence-corrected chi connectivity index (χ2v) is 4.90. The fraction of sp³-hybridized carbons (Fsp3) is 0.455. The summed E-state index contributed by atoms with van der Waals surface area (Å²) in [6.45, 7) is 0.810. The molecule has 1 aromatic rings. The van der Waals surface area contributed by atoms with Crippen molar-refractivity contribution in [1.29, 1.82) is 0 Å². The first-order valence-electron chi connectivity index (χ1n) is 5.22. The van der Waals surface area contributed by atoms with E-state index >= 15 is 0 Å². The van der Waals surface area contributed by atoms with Crippen molar-refractivity contribution < 1.29 is 18.3 Å². The van der Waals surface area contributed by atoms with Crippen molar-refractivity contribution in [2.24, 2.45) is 0 Å². The molecular weight excluding hydrogens is 299 g/mol. The summed E-state index contributed by atoms with van der Waals surface area (Å²) < 4.78 is 38.2. The molecule has 2 rings (SSSR count). The van der Waals surface area contributed by atoms with Gasteiger partial charge in [-0.1, -0.05) is 0 Å². The van der Waals surface area contributed by atoms with E-state index in [9.17, 15) is 18.3 Å². The Morgan fingerprint density at radius 3 is 2.59 bits per heavy atom. The summed E-state index contributed by atoms with van der Waals surface area (Å²) in [5.41, 5.74) is -0.435. The molecular formula is C11H11BrF3NO. The number of alkyl halides is 3. The standard InChI is InChI=1S/C11H11BrF3NO/c12-8-5-6(9-2-1-3-16-9)4-7(10(8)17)11(13,14)15/h4-5,9,16-17H,1-3H2. The molecule has 1 aliphatic heterocycles. The van der Waals surface area contributed by atoms with Crippen LogP contribution in [-0.2, 0) is 6.18 Å². The molecule has 0 aliphatic carbocycles. The molecule has 1 saturated heterocycles. The highest BCUT2D eigenvalue weighted by Crippen LogP contribution is 2.42. The van der Waals surface area contributed by atoms with E-state index in [4.69, 9.17) is 0 Å². The maximum absolute atomic E-state index is 12.7. The van der Waals surface area contributed by atoms with Crippen LogP contribution < -0.4 is 5.32 Å². The minimum Gasteiger partial charge on any atom is -0.506 e. The van der Waals surface area contributed by atoms with Crippen LogP contribution in [0.4, 0.5) is 13.2 Å². The number of phenols is 1. The van der Waals surface area contributed by atoms with E-state index in [1.807, 2.05) is 0 Å². The number of nitrogens with one attached hydrogen (secondary N) is 1. The molecule has 17 heavy (non-hydrogen) atoms. The number of aromatic hydroxyl groups is 1. The van der Waals surface area contributed by atoms with Crippen LogP contribution >= 0.6 is 15.9 Å². The molecule has 2 nitrogen and oxygen atoms in total. The van der Waals surface area contributed by atoms with Crippen LogP contribution in [0.2, 0.25) is 0 Å². The molecule has 1 fully saturated rings. The van der Waals surface area contributed by atoms with Crippen molar-refractivity contribution in [2.75, 3.05) is 6.54 Å². The average Bonchev–Trinajstić information content (AvgIpc) is 2.73. The lowest BCUT2D eigenvalue weighted by Gasteiger charge is -2.16. The first-order chi connectivity index (χ1) is 7.89.